The topological polar surface area (TPSA) is 17.1 Å². The lowest BCUT2D eigenvalue weighted by Crippen LogP contribution is -2.26. The van der Waals surface area contributed by atoms with Crippen LogP contribution in [0.2, 0.25) is 0 Å². The lowest BCUT2D eigenvalue weighted by atomic mass is 9.81. The molecule has 0 aliphatic rings. The van der Waals surface area contributed by atoms with Crippen LogP contribution in [0.5, 0.6) is 0 Å². The van der Waals surface area contributed by atoms with E-state index in [-0.39, 0.29) is 11.3 Å². The van der Waals surface area contributed by atoms with Gasteiger partial charge in [-0.25, -0.2) is 0 Å². The largest absolute Gasteiger partial charge is 0.299 e. The summed E-state index contributed by atoms with van der Waals surface area (Å²) < 4.78 is 0. The zero-order valence-corrected chi connectivity index (χ0v) is 10.8. The average molecular weight is 218 g/mol. The average Bonchev–Trinajstić information content (AvgIpc) is 2.25. The van der Waals surface area contributed by atoms with Gasteiger partial charge in [-0.05, 0) is 18.4 Å². The van der Waals surface area contributed by atoms with Gasteiger partial charge in [-0.3, -0.25) is 4.79 Å². The van der Waals surface area contributed by atoms with Crippen molar-refractivity contribution in [3.8, 4) is 0 Å². The molecule has 0 heterocycles. The molecule has 0 N–H and O–H groups in total. The van der Waals surface area contributed by atoms with Crippen molar-refractivity contribution in [2.45, 2.75) is 40.5 Å². The minimum absolute atomic E-state index is 0.153. The van der Waals surface area contributed by atoms with Gasteiger partial charge in [-0.2, -0.15) is 0 Å². The van der Waals surface area contributed by atoms with Gasteiger partial charge in [0.15, 0.2) is 0 Å². The van der Waals surface area contributed by atoms with Crippen molar-refractivity contribution in [3.63, 3.8) is 0 Å². The number of carbonyl (C=O) groups is 1. The Morgan fingerprint density at radius 2 is 1.75 bits per heavy atom. The standard InChI is InChI=1S/C15H22O/c1-12(14(16)15(2,3)4)10-11-13-8-6-5-7-9-13/h5-9,12H,10-11H2,1-4H3. The van der Waals surface area contributed by atoms with Crippen LogP contribution in [0.15, 0.2) is 30.3 Å². The molecule has 1 atom stereocenters. The molecule has 16 heavy (non-hydrogen) atoms. The summed E-state index contributed by atoms with van der Waals surface area (Å²) in [5, 5.41) is 0. The molecule has 0 amide bonds. The van der Waals surface area contributed by atoms with E-state index in [0.717, 1.165) is 12.8 Å². The van der Waals surface area contributed by atoms with Crippen molar-refractivity contribution >= 4 is 5.78 Å². The fraction of sp³-hybridized carbons (Fsp3) is 0.533. The van der Waals surface area contributed by atoms with E-state index in [1.807, 2.05) is 45.9 Å². The lowest BCUT2D eigenvalue weighted by molar-refractivity contribution is -0.130. The van der Waals surface area contributed by atoms with E-state index in [9.17, 15) is 4.79 Å². The maximum Gasteiger partial charge on any atom is 0.141 e. The Kier molecular flexibility index (Phi) is 4.28. The molecule has 1 heteroatoms. The molecular weight excluding hydrogens is 196 g/mol. The zero-order chi connectivity index (χ0) is 12.2. The van der Waals surface area contributed by atoms with Gasteiger partial charge >= 0.3 is 0 Å². The molecule has 1 unspecified atom stereocenters. The summed E-state index contributed by atoms with van der Waals surface area (Å²) in [5.41, 5.74) is 1.10. The highest BCUT2D eigenvalue weighted by Crippen LogP contribution is 2.22. The number of hydrogen-bond donors (Lipinski definition) is 0. The highest BCUT2D eigenvalue weighted by atomic mass is 16.1. The van der Waals surface area contributed by atoms with Gasteiger partial charge in [0.25, 0.3) is 0 Å². The van der Waals surface area contributed by atoms with Crippen LogP contribution in [-0.4, -0.2) is 5.78 Å². The van der Waals surface area contributed by atoms with Crippen LogP contribution in [0, 0.1) is 11.3 Å². The van der Waals surface area contributed by atoms with Crippen LogP contribution in [0.4, 0.5) is 0 Å². The minimum Gasteiger partial charge on any atom is -0.299 e. The number of aryl methyl sites for hydroxylation is 1. The van der Waals surface area contributed by atoms with Crippen molar-refractivity contribution in [2.75, 3.05) is 0 Å². The first-order valence-corrected chi connectivity index (χ1v) is 5.99. The van der Waals surface area contributed by atoms with Crippen LogP contribution in [0.1, 0.15) is 39.7 Å². The van der Waals surface area contributed by atoms with E-state index in [1.54, 1.807) is 0 Å². The Bertz CT molecular complexity index is 332. The summed E-state index contributed by atoms with van der Waals surface area (Å²) in [5.74, 6) is 0.517. The molecule has 1 aromatic carbocycles. The second-order valence-corrected chi connectivity index (χ2v) is 5.54. The van der Waals surface area contributed by atoms with Gasteiger partial charge in [0.1, 0.15) is 5.78 Å². The SMILES string of the molecule is CC(CCc1ccccc1)C(=O)C(C)(C)C. The predicted molar refractivity (Wildman–Crippen MR) is 68.4 cm³/mol. The molecule has 0 bridgehead atoms. The van der Waals surface area contributed by atoms with Crippen LogP contribution < -0.4 is 0 Å². The van der Waals surface area contributed by atoms with Crippen LogP contribution in [-0.2, 0) is 11.2 Å². The van der Waals surface area contributed by atoms with Gasteiger partial charge < -0.3 is 0 Å². The zero-order valence-electron chi connectivity index (χ0n) is 10.8. The molecule has 0 aliphatic carbocycles. The molecule has 1 nitrogen and oxygen atoms in total. The van der Waals surface area contributed by atoms with Crippen molar-refractivity contribution < 1.29 is 4.79 Å². The summed E-state index contributed by atoms with van der Waals surface area (Å²) in [6, 6.07) is 10.4. The van der Waals surface area contributed by atoms with E-state index in [0.29, 0.717) is 5.78 Å². The highest BCUT2D eigenvalue weighted by Gasteiger charge is 2.25. The van der Waals surface area contributed by atoms with E-state index >= 15 is 0 Å². The monoisotopic (exact) mass is 218 g/mol. The molecule has 0 saturated carbocycles. The fourth-order valence-corrected chi connectivity index (χ4v) is 1.90. The lowest BCUT2D eigenvalue weighted by Gasteiger charge is -2.21. The van der Waals surface area contributed by atoms with Crippen molar-refractivity contribution in [3.05, 3.63) is 35.9 Å². The van der Waals surface area contributed by atoms with Gasteiger partial charge in [0.2, 0.25) is 0 Å². The number of ketones is 1. The van der Waals surface area contributed by atoms with E-state index < -0.39 is 0 Å². The quantitative estimate of drug-likeness (QED) is 0.749. The van der Waals surface area contributed by atoms with Gasteiger partial charge in [-0.1, -0.05) is 58.0 Å². The third-order valence-corrected chi connectivity index (χ3v) is 2.90. The fourth-order valence-electron chi connectivity index (χ4n) is 1.90. The second-order valence-electron chi connectivity index (χ2n) is 5.54. The minimum atomic E-state index is -0.212. The van der Waals surface area contributed by atoms with Crippen LogP contribution in [0.25, 0.3) is 0 Å². The van der Waals surface area contributed by atoms with Crippen LogP contribution in [0.3, 0.4) is 0 Å². The summed E-state index contributed by atoms with van der Waals surface area (Å²) >= 11 is 0. The molecular formula is C15H22O. The molecule has 0 fully saturated rings. The Labute approximate surface area is 98.9 Å². The number of Topliss-reactive ketones (excluding diaryl/α,β-unsaturated/α-hetero) is 1. The maximum atomic E-state index is 12.0. The van der Waals surface area contributed by atoms with Crippen LogP contribution >= 0.6 is 0 Å². The maximum absolute atomic E-state index is 12.0. The van der Waals surface area contributed by atoms with Gasteiger partial charge in [-0.15, -0.1) is 0 Å². The number of hydrogen-bond acceptors (Lipinski definition) is 1. The van der Waals surface area contributed by atoms with Crippen molar-refractivity contribution in [2.24, 2.45) is 11.3 Å². The second kappa shape index (κ2) is 5.29. The summed E-state index contributed by atoms with van der Waals surface area (Å²) in [4.78, 5) is 12.0. The van der Waals surface area contributed by atoms with Gasteiger partial charge in [0.05, 0.1) is 0 Å². The first kappa shape index (κ1) is 13.0. The van der Waals surface area contributed by atoms with E-state index in [4.69, 9.17) is 0 Å². The van der Waals surface area contributed by atoms with Gasteiger partial charge in [0, 0.05) is 11.3 Å². The molecule has 0 aliphatic heterocycles. The molecule has 88 valence electrons. The number of benzene rings is 1. The first-order valence-electron chi connectivity index (χ1n) is 5.99. The smallest absolute Gasteiger partial charge is 0.141 e. The third-order valence-electron chi connectivity index (χ3n) is 2.90. The number of rotatable bonds is 4. The molecule has 0 saturated heterocycles. The molecule has 1 rings (SSSR count). The third kappa shape index (κ3) is 3.80. The molecule has 0 spiro atoms. The number of carbonyl (C=O) groups excluding carboxylic acids is 1. The first-order chi connectivity index (χ1) is 7.41. The Hall–Kier alpha value is -1.11. The molecule has 0 aromatic heterocycles. The summed E-state index contributed by atoms with van der Waals surface area (Å²) in [6.45, 7) is 8.02. The summed E-state index contributed by atoms with van der Waals surface area (Å²) in [7, 11) is 0. The van der Waals surface area contributed by atoms with Crippen molar-refractivity contribution in [1.82, 2.24) is 0 Å². The normalized spacial score (nSPS) is 13.5. The Morgan fingerprint density at radius 1 is 1.19 bits per heavy atom. The molecule has 0 radical (unpaired) electrons. The predicted octanol–water partition coefficient (Wildman–Crippen LogP) is 3.87. The van der Waals surface area contributed by atoms with Crippen molar-refractivity contribution in [1.29, 1.82) is 0 Å². The molecule has 1 aromatic rings. The van der Waals surface area contributed by atoms with E-state index in [2.05, 4.69) is 12.1 Å². The highest BCUT2D eigenvalue weighted by molar-refractivity contribution is 5.85. The Balaban J connectivity index is 2.48. The summed E-state index contributed by atoms with van der Waals surface area (Å²) in [6.07, 6.45) is 1.93. The van der Waals surface area contributed by atoms with E-state index in [1.165, 1.54) is 5.56 Å². The Morgan fingerprint density at radius 3 is 2.25 bits per heavy atom.